The van der Waals surface area contributed by atoms with Crippen molar-refractivity contribution in [1.82, 2.24) is 0 Å². The lowest BCUT2D eigenvalue weighted by atomic mass is 9.76. The molecule has 0 spiro atoms. The summed E-state index contributed by atoms with van der Waals surface area (Å²) in [5, 5.41) is 0.0393. The summed E-state index contributed by atoms with van der Waals surface area (Å²) in [5.74, 6) is -2.36. The fraction of sp³-hybridized carbons (Fsp3) is 0.417. The molecule has 0 heterocycles. The second-order valence-electron chi connectivity index (χ2n) is 7.53. The van der Waals surface area contributed by atoms with Gasteiger partial charge in [0.2, 0.25) is 0 Å². The van der Waals surface area contributed by atoms with E-state index in [2.05, 4.69) is 6.58 Å². The molecule has 3 rings (SSSR count). The fourth-order valence-corrected chi connectivity index (χ4v) is 4.14. The van der Waals surface area contributed by atoms with Gasteiger partial charge in [-0.3, -0.25) is 0 Å². The summed E-state index contributed by atoms with van der Waals surface area (Å²) in [6.07, 6.45) is 11.2. The highest BCUT2D eigenvalue weighted by Gasteiger charge is 2.27. The van der Waals surface area contributed by atoms with E-state index in [1.165, 1.54) is 6.07 Å². The molecule has 0 aliphatic heterocycles. The van der Waals surface area contributed by atoms with E-state index in [1.54, 1.807) is 24.3 Å². The van der Waals surface area contributed by atoms with Gasteiger partial charge in [-0.1, -0.05) is 24.3 Å². The van der Waals surface area contributed by atoms with Crippen LogP contribution in [0, 0.1) is 23.4 Å². The van der Waals surface area contributed by atoms with Crippen LogP contribution in [0.4, 0.5) is 13.2 Å². The second kappa shape index (κ2) is 9.31. The van der Waals surface area contributed by atoms with Crippen molar-refractivity contribution in [3.63, 3.8) is 0 Å². The summed E-state index contributed by atoms with van der Waals surface area (Å²) in [7, 11) is 0. The molecule has 0 aromatic heterocycles. The van der Waals surface area contributed by atoms with Gasteiger partial charge >= 0.3 is 0 Å². The van der Waals surface area contributed by atoms with Crippen molar-refractivity contribution in [2.45, 2.75) is 51.4 Å². The summed E-state index contributed by atoms with van der Waals surface area (Å²) in [6.45, 7) is 5.76. The Hall–Kier alpha value is -2.23. The van der Waals surface area contributed by atoms with Crippen molar-refractivity contribution in [3.8, 4) is 5.75 Å². The lowest BCUT2D eigenvalue weighted by Crippen LogP contribution is -2.15. The van der Waals surface area contributed by atoms with Crippen molar-refractivity contribution in [2.75, 3.05) is 6.61 Å². The van der Waals surface area contributed by atoms with Crippen LogP contribution in [0.15, 0.2) is 43.0 Å². The molecule has 1 fully saturated rings. The quantitative estimate of drug-likeness (QED) is 0.448. The molecule has 0 saturated heterocycles. The third kappa shape index (κ3) is 4.26. The lowest BCUT2D eigenvalue weighted by molar-refractivity contribution is 0.306. The van der Waals surface area contributed by atoms with Crippen LogP contribution in [0.5, 0.6) is 5.75 Å². The SMILES string of the molecule is C=CCCC1CCC(c2cc3ccc(OCC=CC)c(F)c3c(F)c2F)CC1. The molecule has 2 aromatic carbocycles. The first-order valence-corrected chi connectivity index (χ1v) is 10.0. The van der Waals surface area contributed by atoms with Gasteiger partial charge in [-0.05, 0) is 80.4 Å². The summed E-state index contributed by atoms with van der Waals surface area (Å²) in [6, 6.07) is 4.70. The van der Waals surface area contributed by atoms with E-state index in [0.29, 0.717) is 16.9 Å². The van der Waals surface area contributed by atoms with Gasteiger partial charge in [-0.15, -0.1) is 6.58 Å². The van der Waals surface area contributed by atoms with Crippen molar-refractivity contribution in [1.29, 1.82) is 0 Å². The van der Waals surface area contributed by atoms with E-state index in [1.807, 2.05) is 13.0 Å². The van der Waals surface area contributed by atoms with E-state index in [0.717, 1.165) is 38.5 Å². The van der Waals surface area contributed by atoms with E-state index in [4.69, 9.17) is 4.74 Å². The third-order valence-electron chi connectivity index (χ3n) is 5.75. The largest absolute Gasteiger partial charge is 0.486 e. The first-order valence-electron chi connectivity index (χ1n) is 10.0. The van der Waals surface area contributed by atoms with Crippen LogP contribution in [0.3, 0.4) is 0 Å². The molecule has 1 nitrogen and oxygen atoms in total. The average molecular weight is 388 g/mol. The molecule has 1 saturated carbocycles. The zero-order valence-corrected chi connectivity index (χ0v) is 16.3. The molecule has 150 valence electrons. The maximum atomic E-state index is 14.8. The normalized spacial score (nSPS) is 20.0. The van der Waals surface area contributed by atoms with Gasteiger partial charge in [0.15, 0.2) is 23.2 Å². The minimum atomic E-state index is -1.12. The topological polar surface area (TPSA) is 9.23 Å². The van der Waals surface area contributed by atoms with Crippen molar-refractivity contribution in [2.24, 2.45) is 5.92 Å². The summed E-state index contributed by atoms with van der Waals surface area (Å²) in [4.78, 5) is 0. The zero-order valence-electron chi connectivity index (χ0n) is 16.3. The molecule has 1 aliphatic rings. The average Bonchev–Trinajstić information content (AvgIpc) is 2.71. The Morgan fingerprint density at radius 2 is 1.82 bits per heavy atom. The molecule has 0 atom stereocenters. The van der Waals surface area contributed by atoms with Gasteiger partial charge in [0.05, 0.1) is 5.39 Å². The fourth-order valence-electron chi connectivity index (χ4n) is 4.14. The van der Waals surface area contributed by atoms with Crippen LogP contribution < -0.4 is 4.74 Å². The maximum absolute atomic E-state index is 14.8. The number of hydrogen-bond donors (Lipinski definition) is 0. The van der Waals surface area contributed by atoms with Gasteiger partial charge < -0.3 is 4.74 Å². The van der Waals surface area contributed by atoms with Crippen molar-refractivity contribution >= 4 is 10.8 Å². The van der Waals surface area contributed by atoms with E-state index < -0.39 is 17.5 Å². The molecular formula is C24H27F3O. The number of fused-ring (bicyclic) bond motifs is 1. The van der Waals surface area contributed by atoms with Gasteiger partial charge in [0.1, 0.15) is 6.61 Å². The summed E-state index contributed by atoms with van der Waals surface area (Å²) >= 11 is 0. The van der Waals surface area contributed by atoms with Crippen molar-refractivity contribution in [3.05, 3.63) is 66.0 Å². The Balaban J connectivity index is 1.86. The standard InChI is InChI=1S/C24H27F3O/c1-3-5-7-16-8-10-17(11-9-16)19-15-18-12-13-20(28-14-6-4-2)23(26)21(18)24(27)22(19)25/h3-4,6,12-13,15-17H,1,5,7-11,14H2,2H3. The number of hydrogen-bond acceptors (Lipinski definition) is 1. The molecule has 0 radical (unpaired) electrons. The molecule has 2 aromatic rings. The van der Waals surface area contributed by atoms with Gasteiger partial charge in [-0.2, -0.15) is 0 Å². The molecule has 0 amide bonds. The summed E-state index contributed by atoms with van der Waals surface area (Å²) < 4.78 is 49.6. The third-order valence-corrected chi connectivity index (χ3v) is 5.75. The van der Waals surface area contributed by atoms with Crippen LogP contribution in [0.25, 0.3) is 10.8 Å². The number of halogens is 3. The van der Waals surface area contributed by atoms with Crippen LogP contribution in [-0.4, -0.2) is 6.61 Å². The molecular weight excluding hydrogens is 361 g/mol. The number of ether oxygens (including phenoxy) is 1. The molecule has 4 heteroatoms. The Morgan fingerprint density at radius 1 is 1.07 bits per heavy atom. The lowest BCUT2D eigenvalue weighted by Gasteiger charge is -2.29. The van der Waals surface area contributed by atoms with E-state index >= 15 is 0 Å². The van der Waals surface area contributed by atoms with Crippen molar-refractivity contribution < 1.29 is 17.9 Å². The van der Waals surface area contributed by atoms with Crippen LogP contribution >= 0.6 is 0 Å². The van der Waals surface area contributed by atoms with Crippen LogP contribution in [0.1, 0.15) is 56.9 Å². The predicted molar refractivity (Wildman–Crippen MR) is 108 cm³/mol. The highest BCUT2D eigenvalue weighted by molar-refractivity contribution is 5.86. The Bertz CT molecular complexity index is 864. The molecule has 0 N–H and O–H groups in total. The maximum Gasteiger partial charge on any atom is 0.175 e. The highest BCUT2D eigenvalue weighted by atomic mass is 19.2. The molecule has 0 bridgehead atoms. The molecule has 1 aliphatic carbocycles. The second-order valence-corrected chi connectivity index (χ2v) is 7.53. The smallest absolute Gasteiger partial charge is 0.175 e. The minimum absolute atomic E-state index is 0.0208. The number of rotatable bonds is 7. The van der Waals surface area contributed by atoms with E-state index in [-0.39, 0.29) is 23.7 Å². The first kappa shape index (κ1) is 20.5. The van der Waals surface area contributed by atoms with Gasteiger partial charge in [0.25, 0.3) is 0 Å². The number of allylic oxidation sites excluding steroid dienone is 2. The summed E-state index contributed by atoms with van der Waals surface area (Å²) in [5.41, 5.74) is 0.370. The van der Waals surface area contributed by atoms with Crippen LogP contribution in [0.2, 0.25) is 0 Å². The monoisotopic (exact) mass is 388 g/mol. The van der Waals surface area contributed by atoms with E-state index in [9.17, 15) is 13.2 Å². The van der Waals surface area contributed by atoms with Gasteiger partial charge in [0, 0.05) is 0 Å². The molecule has 28 heavy (non-hydrogen) atoms. The predicted octanol–water partition coefficient (Wildman–Crippen LogP) is 7.45. The Labute approximate surface area is 164 Å². The first-order chi connectivity index (χ1) is 13.6. The number of benzene rings is 2. The molecule has 0 unspecified atom stereocenters. The Kier molecular flexibility index (Phi) is 6.82. The minimum Gasteiger partial charge on any atom is -0.486 e. The van der Waals surface area contributed by atoms with Gasteiger partial charge in [-0.25, -0.2) is 13.2 Å². The Morgan fingerprint density at radius 3 is 2.50 bits per heavy atom. The zero-order chi connectivity index (χ0) is 20.1. The van der Waals surface area contributed by atoms with Crippen LogP contribution in [-0.2, 0) is 0 Å². The highest BCUT2D eigenvalue weighted by Crippen LogP contribution is 2.41.